The average Bonchev–Trinajstić information content (AvgIpc) is 2.85. The van der Waals surface area contributed by atoms with E-state index in [9.17, 15) is 0 Å². The summed E-state index contributed by atoms with van der Waals surface area (Å²) >= 11 is 0. The van der Waals surface area contributed by atoms with Crippen molar-refractivity contribution in [1.82, 2.24) is 10.3 Å². The molecule has 14 heavy (non-hydrogen) atoms. The molecule has 5 heteroatoms. The highest BCUT2D eigenvalue weighted by molar-refractivity contribution is 5.75. The Hall–Kier alpha value is -1.65. The summed E-state index contributed by atoms with van der Waals surface area (Å²) in [5.74, 6) is 0.848. The van der Waals surface area contributed by atoms with E-state index >= 15 is 0 Å². The molecule has 2 aliphatic heterocycles. The van der Waals surface area contributed by atoms with Gasteiger partial charge in [-0.1, -0.05) is 0 Å². The first-order valence-corrected chi connectivity index (χ1v) is 4.67. The summed E-state index contributed by atoms with van der Waals surface area (Å²) in [4.78, 5) is 7.20. The van der Waals surface area contributed by atoms with Crippen molar-refractivity contribution >= 4 is 6.02 Å². The molecule has 0 aliphatic carbocycles. The number of aliphatic imine (C=N–C) groups is 1. The van der Waals surface area contributed by atoms with Gasteiger partial charge in [-0.3, -0.25) is 0 Å². The van der Waals surface area contributed by atoms with Crippen LogP contribution in [-0.4, -0.2) is 30.8 Å². The van der Waals surface area contributed by atoms with Crippen molar-refractivity contribution in [1.29, 1.82) is 0 Å². The first-order valence-electron chi connectivity index (χ1n) is 4.67. The predicted molar refractivity (Wildman–Crippen MR) is 50.4 cm³/mol. The molecular formula is C9H11N3O2. The predicted octanol–water partition coefficient (Wildman–Crippen LogP) is 0.424. The average molecular weight is 193 g/mol. The number of nitrogens with one attached hydrogen (secondary N) is 2. The van der Waals surface area contributed by atoms with Gasteiger partial charge in [-0.05, 0) is 6.07 Å². The number of hydrogen-bond donors (Lipinski definition) is 2. The topological polar surface area (TPSA) is 58.6 Å². The zero-order chi connectivity index (χ0) is 9.38. The Morgan fingerprint density at radius 1 is 1.50 bits per heavy atom. The van der Waals surface area contributed by atoms with Crippen molar-refractivity contribution in [3.8, 4) is 5.88 Å². The van der Waals surface area contributed by atoms with Gasteiger partial charge in [0.05, 0.1) is 12.6 Å². The Bertz CT molecular complexity index is 372. The zero-order valence-electron chi connectivity index (χ0n) is 7.62. The fourth-order valence-corrected chi connectivity index (χ4v) is 1.71. The summed E-state index contributed by atoms with van der Waals surface area (Å²) < 4.78 is 10.7. The molecule has 0 spiro atoms. The third kappa shape index (κ3) is 1.13. The standard InChI is InChI=1S/C9H11N3O2/c1-2-10-8-6(1)7(5-14-8)12-9-11-3-4-13-9/h1-2,7,10H,3-5H2,(H,11,12). The molecule has 0 saturated heterocycles. The van der Waals surface area contributed by atoms with Crippen LogP contribution < -0.4 is 10.1 Å². The molecule has 5 nitrogen and oxygen atoms in total. The maximum Gasteiger partial charge on any atom is 0.285 e. The fraction of sp³-hybridized carbons (Fsp3) is 0.444. The first kappa shape index (κ1) is 7.73. The van der Waals surface area contributed by atoms with Crippen LogP contribution in [0.5, 0.6) is 5.88 Å². The SMILES string of the molecule is c1cc2c([nH]1)OCC2NC1=NCCO1. The van der Waals surface area contributed by atoms with Crippen LogP contribution in [0.1, 0.15) is 11.6 Å². The van der Waals surface area contributed by atoms with Gasteiger partial charge >= 0.3 is 0 Å². The van der Waals surface area contributed by atoms with Crippen LogP contribution in [0.25, 0.3) is 0 Å². The Kier molecular flexibility index (Phi) is 1.62. The van der Waals surface area contributed by atoms with E-state index in [0.717, 1.165) is 18.0 Å². The van der Waals surface area contributed by atoms with Crippen LogP contribution in [-0.2, 0) is 4.74 Å². The van der Waals surface area contributed by atoms with E-state index in [1.807, 2.05) is 12.3 Å². The lowest BCUT2D eigenvalue weighted by atomic mass is 10.2. The van der Waals surface area contributed by atoms with Crippen molar-refractivity contribution in [3.63, 3.8) is 0 Å². The van der Waals surface area contributed by atoms with Gasteiger partial charge in [-0.2, -0.15) is 0 Å². The van der Waals surface area contributed by atoms with Gasteiger partial charge in [0, 0.05) is 11.8 Å². The lowest BCUT2D eigenvalue weighted by Crippen LogP contribution is -2.29. The van der Waals surface area contributed by atoms with Gasteiger partial charge in [0.2, 0.25) is 0 Å². The number of H-pyrrole nitrogens is 1. The third-order valence-corrected chi connectivity index (χ3v) is 2.39. The minimum atomic E-state index is 0.160. The van der Waals surface area contributed by atoms with E-state index in [1.54, 1.807) is 0 Å². The second-order valence-corrected chi connectivity index (χ2v) is 3.31. The second kappa shape index (κ2) is 2.94. The van der Waals surface area contributed by atoms with E-state index in [4.69, 9.17) is 9.47 Å². The zero-order valence-corrected chi connectivity index (χ0v) is 7.62. The Labute approximate surface area is 81.1 Å². The highest BCUT2D eigenvalue weighted by Crippen LogP contribution is 2.30. The summed E-state index contributed by atoms with van der Waals surface area (Å²) in [5, 5.41) is 3.20. The van der Waals surface area contributed by atoms with Crippen LogP contribution in [0, 0.1) is 0 Å². The Balaban J connectivity index is 1.75. The number of aromatic amines is 1. The van der Waals surface area contributed by atoms with Crippen LogP contribution in [0.2, 0.25) is 0 Å². The maximum absolute atomic E-state index is 5.43. The second-order valence-electron chi connectivity index (χ2n) is 3.31. The van der Waals surface area contributed by atoms with Crippen LogP contribution in [0.15, 0.2) is 17.3 Å². The number of nitrogens with zero attached hydrogens (tertiary/aromatic N) is 1. The molecule has 1 aromatic heterocycles. The van der Waals surface area contributed by atoms with Crippen molar-refractivity contribution in [2.75, 3.05) is 19.8 Å². The van der Waals surface area contributed by atoms with Crippen molar-refractivity contribution in [2.24, 2.45) is 4.99 Å². The summed E-state index contributed by atoms with van der Waals surface area (Å²) in [6, 6.07) is 2.80. The summed E-state index contributed by atoms with van der Waals surface area (Å²) in [6.07, 6.45) is 1.87. The van der Waals surface area contributed by atoms with E-state index in [-0.39, 0.29) is 6.04 Å². The van der Waals surface area contributed by atoms with E-state index < -0.39 is 0 Å². The van der Waals surface area contributed by atoms with E-state index in [0.29, 0.717) is 19.2 Å². The number of ether oxygens (including phenoxy) is 2. The molecule has 0 radical (unpaired) electrons. The molecule has 2 N–H and O–H groups in total. The molecule has 0 amide bonds. The lowest BCUT2D eigenvalue weighted by Gasteiger charge is -2.10. The summed E-state index contributed by atoms with van der Waals surface area (Å²) in [5.41, 5.74) is 1.14. The maximum atomic E-state index is 5.43. The van der Waals surface area contributed by atoms with Gasteiger partial charge in [-0.25, -0.2) is 4.99 Å². The molecule has 2 aliphatic rings. The number of hydrogen-bond acceptors (Lipinski definition) is 4. The first-order chi connectivity index (χ1) is 6.93. The highest BCUT2D eigenvalue weighted by Gasteiger charge is 2.26. The fourth-order valence-electron chi connectivity index (χ4n) is 1.71. The molecule has 1 aromatic rings. The largest absolute Gasteiger partial charge is 0.476 e. The van der Waals surface area contributed by atoms with Gasteiger partial charge in [-0.15, -0.1) is 0 Å². The quantitative estimate of drug-likeness (QED) is 0.679. The van der Waals surface area contributed by atoms with Crippen LogP contribution in [0.4, 0.5) is 0 Å². The highest BCUT2D eigenvalue weighted by atomic mass is 16.5. The smallest absolute Gasteiger partial charge is 0.285 e. The van der Waals surface area contributed by atoms with Crippen molar-refractivity contribution in [3.05, 3.63) is 17.8 Å². The Morgan fingerprint density at radius 3 is 3.36 bits per heavy atom. The molecule has 74 valence electrons. The minimum absolute atomic E-state index is 0.160. The summed E-state index contributed by atoms with van der Waals surface area (Å²) in [7, 11) is 0. The Morgan fingerprint density at radius 2 is 2.50 bits per heavy atom. The van der Waals surface area contributed by atoms with Gasteiger partial charge in [0.25, 0.3) is 6.02 Å². The molecular weight excluding hydrogens is 182 g/mol. The van der Waals surface area contributed by atoms with E-state index in [1.165, 1.54) is 0 Å². The number of fused-ring (bicyclic) bond motifs is 1. The van der Waals surface area contributed by atoms with Crippen LogP contribution in [0.3, 0.4) is 0 Å². The third-order valence-electron chi connectivity index (χ3n) is 2.39. The molecule has 0 fully saturated rings. The van der Waals surface area contributed by atoms with Gasteiger partial charge in [0.1, 0.15) is 13.2 Å². The van der Waals surface area contributed by atoms with Crippen molar-refractivity contribution in [2.45, 2.75) is 6.04 Å². The molecule has 3 rings (SSSR count). The normalized spacial score (nSPS) is 23.7. The minimum Gasteiger partial charge on any atom is -0.476 e. The van der Waals surface area contributed by atoms with Gasteiger partial charge < -0.3 is 19.8 Å². The number of aromatic nitrogens is 1. The molecule has 0 bridgehead atoms. The summed E-state index contributed by atoms with van der Waals surface area (Å²) in [6.45, 7) is 2.05. The molecule has 0 aromatic carbocycles. The van der Waals surface area contributed by atoms with E-state index in [2.05, 4.69) is 15.3 Å². The van der Waals surface area contributed by atoms with Crippen LogP contribution >= 0.6 is 0 Å². The molecule has 3 heterocycles. The van der Waals surface area contributed by atoms with Gasteiger partial charge in [0.15, 0.2) is 5.88 Å². The number of amidine groups is 1. The monoisotopic (exact) mass is 193 g/mol. The molecule has 1 atom stereocenters. The lowest BCUT2D eigenvalue weighted by molar-refractivity contribution is 0.292. The molecule has 0 saturated carbocycles. The number of rotatable bonds is 1. The van der Waals surface area contributed by atoms with Crippen molar-refractivity contribution < 1.29 is 9.47 Å². The molecule has 1 unspecified atom stereocenters.